The van der Waals surface area contributed by atoms with Gasteiger partial charge in [0.1, 0.15) is 0 Å². The van der Waals surface area contributed by atoms with Gasteiger partial charge in [-0.25, -0.2) is 8.78 Å². The lowest BCUT2D eigenvalue weighted by molar-refractivity contribution is 0.411. The van der Waals surface area contributed by atoms with Crippen molar-refractivity contribution in [3.8, 4) is 0 Å². The van der Waals surface area contributed by atoms with E-state index in [0.29, 0.717) is 24.2 Å². The first-order valence-electron chi connectivity index (χ1n) is 8.51. The summed E-state index contributed by atoms with van der Waals surface area (Å²) in [6.07, 6.45) is 5.29. The number of hydrogen-bond acceptors (Lipinski definition) is 1. The van der Waals surface area contributed by atoms with Gasteiger partial charge < -0.3 is 4.90 Å². The van der Waals surface area contributed by atoms with E-state index in [2.05, 4.69) is 25.6 Å². The molecule has 3 heteroatoms. The average Bonchev–Trinajstić information content (AvgIpc) is 2.58. The second kappa shape index (κ2) is 6.83. The van der Waals surface area contributed by atoms with Crippen LogP contribution in [0.1, 0.15) is 31.4 Å². The van der Waals surface area contributed by atoms with Crippen molar-refractivity contribution >= 4 is 11.8 Å². The predicted octanol–water partition coefficient (Wildman–Crippen LogP) is 5.77. The minimum Gasteiger partial charge on any atom is -0.359 e. The fraction of sp³-hybridized carbons (Fsp3) is 0.273. The molecule has 1 aliphatic heterocycles. The van der Waals surface area contributed by atoms with Crippen molar-refractivity contribution in [2.45, 2.75) is 32.2 Å². The highest BCUT2D eigenvalue weighted by Gasteiger charge is 2.36. The van der Waals surface area contributed by atoms with Gasteiger partial charge in [0.25, 0.3) is 0 Å². The smallest absolute Gasteiger partial charge is 0.182 e. The van der Waals surface area contributed by atoms with Gasteiger partial charge in [-0.3, -0.25) is 0 Å². The van der Waals surface area contributed by atoms with Gasteiger partial charge in [-0.1, -0.05) is 48.1 Å². The first-order valence-corrected chi connectivity index (χ1v) is 8.51. The molecule has 25 heavy (non-hydrogen) atoms. The van der Waals surface area contributed by atoms with Crippen molar-refractivity contribution in [1.29, 1.82) is 0 Å². The van der Waals surface area contributed by atoms with Crippen LogP contribution in [0.5, 0.6) is 0 Å². The molecule has 130 valence electrons. The average molecular weight is 339 g/mol. The highest BCUT2D eigenvalue weighted by molar-refractivity contribution is 5.73. The molecule has 2 aromatic rings. The Morgan fingerprint density at radius 3 is 2.56 bits per heavy atom. The lowest BCUT2D eigenvalue weighted by Gasteiger charge is -2.45. The topological polar surface area (TPSA) is 3.24 Å². The van der Waals surface area contributed by atoms with E-state index in [4.69, 9.17) is 0 Å². The zero-order chi connectivity index (χ0) is 18.0. The summed E-state index contributed by atoms with van der Waals surface area (Å²) in [5.74, 6) is -1.58. The van der Waals surface area contributed by atoms with E-state index in [9.17, 15) is 8.78 Å². The maximum Gasteiger partial charge on any atom is 0.182 e. The molecule has 0 saturated carbocycles. The van der Waals surface area contributed by atoms with Gasteiger partial charge >= 0.3 is 0 Å². The molecule has 1 unspecified atom stereocenters. The van der Waals surface area contributed by atoms with Crippen LogP contribution in [0.25, 0.3) is 6.08 Å². The van der Waals surface area contributed by atoms with E-state index >= 15 is 0 Å². The SMILES string of the molecule is C=C(C)CC(C)(Cc1ccccc1)N1CC=Cc2ccc(F)c(F)c21. The van der Waals surface area contributed by atoms with Crippen LogP contribution in [0.3, 0.4) is 0 Å². The molecule has 0 aliphatic carbocycles. The molecule has 1 aliphatic rings. The summed E-state index contributed by atoms with van der Waals surface area (Å²) < 4.78 is 28.6. The Morgan fingerprint density at radius 1 is 1.16 bits per heavy atom. The molecule has 0 saturated heterocycles. The molecule has 2 aromatic carbocycles. The van der Waals surface area contributed by atoms with E-state index in [0.717, 1.165) is 12.0 Å². The van der Waals surface area contributed by atoms with Crippen molar-refractivity contribution in [2.75, 3.05) is 11.4 Å². The largest absolute Gasteiger partial charge is 0.359 e. The quantitative estimate of drug-likeness (QED) is 0.626. The van der Waals surface area contributed by atoms with Crippen molar-refractivity contribution in [2.24, 2.45) is 0 Å². The number of anilines is 1. The Morgan fingerprint density at radius 2 is 1.88 bits per heavy atom. The predicted molar refractivity (Wildman–Crippen MR) is 101 cm³/mol. The number of benzene rings is 2. The number of nitrogens with zero attached hydrogens (tertiary/aromatic N) is 1. The summed E-state index contributed by atoms with van der Waals surface area (Å²) in [6.45, 7) is 8.68. The monoisotopic (exact) mass is 339 g/mol. The van der Waals surface area contributed by atoms with E-state index < -0.39 is 17.2 Å². The standard InChI is InChI=1S/C22H23F2N/c1-16(2)14-22(3,15-17-8-5-4-6-9-17)25-13-7-10-18-11-12-19(23)20(24)21(18)25/h4-12H,1,13-15H2,2-3H3. The van der Waals surface area contributed by atoms with Gasteiger partial charge in [0.05, 0.1) is 5.69 Å². The summed E-state index contributed by atoms with van der Waals surface area (Å²) in [5.41, 5.74) is 2.85. The van der Waals surface area contributed by atoms with Crippen molar-refractivity contribution in [3.63, 3.8) is 0 Å². The maximum atomic E-state index is 14.7. The van der Waals surface area contributed by atoms with E-state index in [1.807, 2.05) is 42.2 Å². The molecule has 0 radical (unpaired) electrons. The molecule has 0 spiro atoms. The highest BCUT2D eigenvalue weighted by Crippen LogP contribution is 2.39. The van der Waals surface area contributed by atoms with Gasteiger partial charge in [-0.15, -0.1) is 6.58 Å². The molecule has 0 aromatic heterocycles. The minimum absolute atomic E-state index is 0.349. The van der Waals surface area contributed by atoms with Crippen molar-refractivity contribution in [3.05, 3.63) is 83.5 Å². The second-order valence-electron chi connectivity index (χ2n) is 7.11. The third-order valence-electron chi connectivity index (χ3n) is 4.72. The number of halogens is 2. The van der Waals surface area contributed by atoms with E-state index in [1.54, 1.807) is 6.07 Å². The minimum atomic E-state index is -0.809. The van der Waals surface area contributed by atoms with Gasteiger partial charge in [0.2, 0.25) is 0 Å². The number of fused-ring (bicyclic) bond motifs is 1. The molecule has 1 atom stereocenters. The fourth-order valence-corrected chi connectivity index (χ4v) is 3.77. The lowest BCUT2D eigenvalue weighted by atomic mass is 9.83. The molecule has 1 heterocycles. The summed E-state index contributed by atoms with van der Waals surface area (Å²) in [4.78, 5) is 1.99. The molecule has 1 nitrogen and oxygen atoms in total. The van der Waals surface area contributed by atoms with Crippen LogP contribution < -0.4 is 4.90 Å². The molecule has 3 rings (SSSR count). The third-order valence-corrected chi connectivity index (χ3v) is 4.72. The second-order valence-corrected chi connectivity index (χ2v) is 7.11. The van der Waals surface area contributed by atoms with E-state index in [-0.39, 0.29) is 0 Å². The Bertz CT molecular complexity index is 810. The van der Waals surface area contributed by atoms with Crippen LogP contribution in [-0.2, 0) is 6.42 Å². The Labute approximate surface area is 148 Å². The summed E-state index contributed by atoms with van der Waals surface area (Å²) >= 11 is 0. The van der Waals surface area contributed by atoms with Gasteiger partial charge in [-0.2, -0.15) is 0 Å². The summed E-state index contributed by atoms with van der Waals surface area (Å²) in [7, 11) is 0. The normalized spacial score (nSPS) is 15.6. The van der Waals surface area contributed by atoms with Crippen LogP contribution in [0, 0.1) is 11.6 Å². The maximum absolute atomic E-state index is 14.7. The van der Waals surface area contributed by atoms with Gasteiger partial charge in [0.15, 0.2) is 11.6 Å². The van der Waals surface area contributed by atoms with Crippen LogP contribution in [-0.4, -0.2) is 12.1 Å². The zero-order valence-electron chi connectivity index (χ0n) is 14.7. The molecular formula is C22H23F2N. The van der Waals surface area contributed by atoms with E-state index in [1.165, 1.54) is 11.6 Å². The van der Waals surface area contributed by atoms with Crippen LogP contribution in [0.15, 0.2) is 60.7 Å². The fourth-order valence-electron chi connectivity index (χ4n) is 3.77. The van der Waals surface area contributed by atoms with Gasteiger partial charge in [-0.05, 0) is 44.4 Å². The van der Waals surface area contributed by atoms with Crippen molar-refractivity contribution in [1.82, 2.24) is 0 Å². The van der Waals surface area contributed by atoms with Crippen LogP contribution >= 0.6 is 0 Å². The summed E-state index contributed by atoms with van der Waals surface area (Å²) in [5, 5.41) is 0. The first kappa shape index (κ1) is 17.4. The Hall–Kier alpha value is -2.42. The number of hydrogen-bond donors (Lipinski definition) is 0. The summed E-state index contributed by atoms with van der Waals surface area (Å²) in [6, 6.07) is 12.9. The molecule has 0 fully saturated rings. The highest BCUT2D eigenvalue weighted by atomic mass is 19.2. The molecule has 0 N–H and O–H groups in total. The third kappa shape index (κ3) is 3.51. The van der Waals surface area contributed by atoms with Gasteiger partial charge in [0, 0.05) is 17.6 Å². The zero-order valence-corrected chi connectivity index (χ0v) is 14.7. The van der Waals surface area contributed by atoms with Crippen LogP contribution in [0.2, 0.25) is 0 Å². The Kier molecular flexibility index (Phi) is 4.76. The number of rotatable bonds is 5. The van der Waals surface area contributed by atoms with Crippen LogP contribution in [0.4, 0.5) is 14.5 Å². The van der Waals surface area contributed by atoms with Crippen molar-refractivity contribution < 1.29 is 8.78 Å². The molecular weight excluding hydrogens is 316 g/mol. The lowest BCUT2D eigenvalue weighted by Crippen LogP contribution is -2.50. The molecule has 0 bridgehead atoms. The molecule has 0 amide bonds. The Balaban J connectivity index is 2.07. The first-order chi connectivity index (χ1) is 11.9.